The maximum Gasteiger partial charge on any atom is 0.261 e. The highest BCUT2D eigenvalue weighted by atomic mass is 32.1. The molecule has 3 aromatic rings. The molecule has 4 rings (SSSR count). The fraction of sp³-hybridized carbons (Fsp3) is 0.333. The molecule has 35 heavy (non-hydrogen) atoms. The van der Waals surface area contributed by atoms with E-state index in [1.807, 2.05) is 41.8 Å². The highest BCUT2D eigenvalue weighted by Crippen LogP contribution is 2.25. The molecule has 1 aromatic carbocycles. The van der Waals surface area contributed by atoms with E-state index in [0.717, 1.165) is 31.2 Å². The van der Waals surface area contributed by atoms with E-state index in [2.05, 4.69) is 15.6 Å². The van der Waals surface area contributed by atoms with Crippen LogP contribution in [0.3, 0.4) is 0 Å². The molecular formula is C27H30N4O3S. The summed E-state index contributed by atoms with van der Waals surface area (Å²) in [4.78, 5) is 45.9. The highest BCUT2D eigenvalue weighted by molar-refractivity contribution is 7.12. The number of pyridine rings is 1. The zero-order chi connectivity index (χ0) is 24.5. The zero-order valence-electron chi connectivity index (χ0n) is 19.6. The number of thiophene rings is 1. The van der Waals surface area contributed by atoms with Crippen LogP contribution >= 0.6 is 11.3 Å². The van der Waals surface area contributed by atoms with Crippen molar-refractivity contribution in [1.29, 1.82) is 0 Å². The summed E-state index contributed by atoms with van der Waals surface area (Å²) < 4.78 is 0. The molecule has 1 unspecified atom stereocenters. The fourth-order valence-corrected chi connectivity index (χ4v) is 5.03. The lowest BCUT2D eigenvalue weighted by atomic mass is 9.94. The molecule has 3 amide bonds. The zero-order valence-corrected chi connectivity index (χ0v) is 20.4. The lowest BCUT2D eigenvalue weighted by Gasteiger charge is -2.33. The van der Waals surface area contributed by atoms with Crippen LogP contribution in [0.2, 0.25) is 0 Å². The van der Waals surface area contributed by atoms with Crippen molar-refractivity contribution in [2.24, 2.45) is 0 Å². The van der Waals surface area contributed by atoms with E-state index < -0.39 is 6.04 Å². The van der Waals surface area contributed by atoms with Gasteiger partial charge in [-0.1, -0.05) is 61.7 Å². The molecule has 0 aliphatic heterocycles. The average Bonchev–Trinajstić information content (AvgIpc) is 3.44. The molecular weight excluding hydrogens is 460 g/mol. The molecule has 8 heteroatoms. The Balaban J connectivity index is 1.60. The van der Waals surface area contributed by atoms with Gasteiger partial charge in [0.25, 0.3) is 5.91 Å². The number of rotatable bonds is 9. The van der Waals surface area contributed by atoms with Gasteiger partial charge in [-0.05, 0) is 35.9 Å². The third kappa shape index (κ3) is 6.76. The van der Waals surface area contributed by atoms with Gasteiger partial charge in [0.2, 0.25) is 11.8 Å². The molecule has 0 radical (unpaired) electrons. The molecule has 7 nitrogen and oxygen atoms in total. The van der Waals surface area contributed by atoms with Crippen molar-refractivity contribution in [3.63, 3.8) is 0 Å². The molecule has 2 aromatic heterocycles. The Labute approximate surface area is 209 Å². The van der Waals surface area contributed by atoms with Crippen molar-refractivity contribution >= 4 is 29.1 Å². The number of carbonyl (C=O) groups excluding carboxylic acids is 3. The van der Waals surface area contributed by atoms with Crippen LogP contribution in [-0.4, -0.2) is 40.2 Å². The summed E-state index contributed by atoms with van der Waals surface area (Å²) in [7, 11) is 0. The number of carbonyl (C=O) groups is 3. The van der Waals surface area contributed by atoms with Crippen molar-refractivity contribution in [2.45, 2.75) is 50.7 Å². The summed E-state index contributed by atoms with van der Waals surface area (Å²) in [5.74, 6) is -0.872. The molecule has 1 aliphatic carbocycles. The Morgan fingerprint density at radius 1 is 1.00 bits per heavy atom. The molecule has 0 bridgehead atoms. The maximum atomic E-state index is 13.7. The van der Waals surface area contributed by atoms with E-state index in [9.17, 15) is 14.4 Å². The van der Waals surface area contributed by atoms with Crippen molar-refractivity contribution < 1.29 is 14.4 Å². The summed E-state index contributed by atoms with van der Waals surface area (Å²) >= 11 is 1.31. The predicted octanol–water partition coefficient (Wildman–Crippen LogP) is 4.09. The van der Waals surface area contributed by atoms with Gasteiger partial charge in [0, 0.05) is 30.5 Å². The van der Waals surface area contributed by atoms with Gasteiger partial charge in [0.1, 0.15) is 6.04 Å². The number of aromatic nitrogens is 1. The Bertz CT molecular complexity index is 1100. The number of amides is 3. The lowest BCUT2D eigenvalue weighted by molar-refractivity contribution is -0.141. The smallest absolute Gasteiger partial charge is 0.261 e. The second-order valence-corrected chi connectivity index (χ2v) is 9.65. The van der Waals surface area contributed by atoms with Crippen molar-refractivity contribution in [1.82, 2.24) is 20.5 Å². The Morgan fingerprint density at radius 3 is 2.49 bits per heavy atom. The van der Waals surface area contributed by atoms with Crippen molar-refractivity contribution in [3.05, 3.63) is 88.4 Å². The molecule has 1 atom stereocenters. The minimum atomic E-state index is -0.864. The molecule has 182 valence electrons. The Hall–Kier alpha value is -3.52. The van der Waals surface area contributed by atoms with E-state index in [1.165, 1.54) is 17.8 Å². The molecule has 1 saturated carbocycles. The molecule has 2 N–H and O–H groups in total. The van der Waals surface area contributed by atoms with Crippen LogP contribution in [0.25, 0.3) is 0 Å². The van der Waals surface area contributed by atoms with Gasteiger partial charge in [-0.2, -0.15) is 0 Å². The second kappa shape index (κ2) is 12.3. The van der Waals surface area contributed by atoms with Gasteiger partial charge in [-0.15, -0.1) is 11.3 Å². The van der Waals surface area contributed by atoms with Crippen LogP contribution in [0.1, 0.15) is 58.9 Å². The number of hydrogen-bond donors (Lipinski definition) is 2. The van der Waals surface area contributed by atoms with Crippen molar-refractivity contribution in [2.75, 3.05) is 6.54 Å². The van der Waals surface area contributed by atoms with Crippen LogP contribution < -0.4 is 10.6 Å². The molecule has 0 saturated heterocycles. The average molecular weight is 491 g/mol. The standard InChI is InChI=1S/C27H30N4O3S/c32-24(18-29-26(33)23-14-8-16-35-23)31(19-20-9-3-1-4-10-20)25(21-11-7-15-28-17-21)27(34)30-22-12-5-2-6-13-22/h1,3-4,7-11,14-17,22,25H,2,5-6,12-13,18-19H2,(H,29,33)(H,30,34). The third-order valence-electron chi connectivity index (χ3n) is 6.17. The summed E-state index contributed by atoms with van der Waals surface area (Å²) in [6, 6.07) is 15.9. The van der Waals surface area contributed by atoms with Crippen LogP contribution in [0.5, 0.6) is 0 Å². The van der Waals surface area contributed by atoms with Gasteiger partial charge in [-0.3, -0.25) is 19.4 Å². The Kier molecular flexibility index (Phi) is 8.62. The summed E-state index contributed by atoms with van der Waals surface area (Å²) in [5, 5.41) is 7.70. The van der Waals surface area contributed by atoms with Crippen molar-refractivity contribution in [3.8, 4) is 0 Å². The van der Waals surface area contributed by atoms with Gasteiger partial charge in [0.15, 0.2) is 0 Å². The summed E-state index contributed by atoms with van der Waals surface area (Å²) in [5.41, 5.74) is 1.53. The van der Waals surface area contributed by atoms with Crippen LogP contribution in [0.4, 0.5) is 0 Å². The molecule has 0 spiro atoms. The minimum Gasteiger partial charge on any atom is -0.351 e. The van der Waals surface area contributed by atoms with E-state index >= 15 is 0 Å². The topological polar surface area (TPSA) is 91.4 Å². The molecule has 1 fully saturated rings. The van der Waals surface area contributed by atoms with Gasteiger partial charge < -0.3 is 15.5 Å². The SMILES string of the molecule is O=C(NCC(=O)N(Cc1ccccc1)C(C(=O)NC1CCCCC1)c1cccnc1)c1cccs1. The van der Waals surface area contributed by atoms with E-state index in [4.69, 9.17) is 0 Å². The van der Waals surface area contributed by atoms with Gasteiger partial charge in [0.05, 0.1) is 11.4 Å². The van der Waals surface area contributed by atoms with Crippen LogP contribution in [-0.2, 0) is 16.1 Å². The molecule has 1 aliphatic rings. The summed E-state index contributed by atoms with van der Waals surface area (Å²) in [6.45, 7) is 0.0171. The number of nitrogens with zero attached hydrogens (tertiary/aromatic N) is 2. The van der Waals surface area contributed by atoms with E-state index in [0.29, 0.717) is 10.4 Å². The first kappa shape index (κ1) is 24.6. The van der Waals surface area contributed by atoms with E-state index in [1.54, 1.807) is 35.5 Å². The number of hydrogen-bond acceptors (Lipinski definition) is 5. The monoisotopic (exact) mass is 490 g/mol. The second-order valence-electron chi connectivity index (χ2n) is 8.70. The first-order chi connectivity index (χ1) is 17.1. The quantitative estimate of drug-likeness (QED) is 0.473. The normalized spacial score (nSPS) is 14.6. The lowest BCUT2D eigenvalue weighted by Crippen LogP contribution is -2.49. The number of nitrogens with one attached hydrogen (secondary N) is 2. The van der Waals surface area contributed by atoms with E-state index in [-0.39, 0.29) is 36.9 Å². The number of benzene rings is 1. The maximum absolute atomic E-state index is 13.7. The molecule has 2 heterocycles. The first-order valence-electron chi connectivity index (χ1n) is 12.0. The largest absolute Gasteiger partial charge is 0.351 e. The van der Waals surface area contributed by atoms with Gasteiger partial charge >= 0.3 is 0 Å². The van der Waals surface area contributed by atoms with Crippen LogP contribution in [0, 0.1) is 0 Å². The minimum absolute atomic E-state index is 0.0997. The first-order valence-corrected chi connectivity index (χ1v) is 12.8. The summed E-state index contributed by atoms with van der Waals surface area (Å²) in [6.07, 6.45) is 8.50. The Morgan fingerprint density at radius 2 is 1.80 bits per heavy atom. The van der Waals surface area contributed by atoms with Crippen LogP contribution in [0.15, 0.2) is 72.4 Å². The predicted molar refractivity (Wildman–Crippen MR) is 136 cm³/mol. The highest BCUT2D eigenvalue weighted by Gasteiger charge is 2.33. The fourth-order valence-electron chi connectivity index (χ4n) is 4.39. The van der Waals surface area contributed by atoms with Gasteiger partial charge in [-0.25, -0.2) is 0 Å². The third-order valence-corrected chi connectivity index (χ3v) is 7.04.